The number of nitrogens with one attached hydrogen (secondary N) is 1. The summed E-state index contributed by atoms with van der Waals surface area (Å²) in [6.07, 6.45) is 1.71. The van der Waals surface area contributed by atoms with Gasteiger partial charge in [-0.1, -0.05) is 18.2 Å². The average Bonchev–Trinajstić information content (AvgIpc) is 2.96. The van der Waals surface area contributed by atoms with Crippen LogP contribution in [0.3, 0.4) is 0 Å². The molecule has 0 saturated carbocycles. The van der Waals surface area contributed by atoms with Crippen molar-refractivity contribution in [3.63, 3.8) is 0 Å². The van der Waals surface area contributed by atoms with Crippen molar-refractivity contribution in [3.05, 3.63) is 71.4 Å². The van der Waals surface area contributed by atoms with Crippen molar-refractivity contribution in [3.8, 4) is 0 Å². The first-order chi connectivity index (χ1) is 11.6. The van der Waals surface area contributed by atoms with Crippen LogP contribution in [0.25, 0.3) is 10.9 Å². The Balaban J connectivity index is 2.09. The van der Waals surface area contributed by atoms with E-state index in [-0.39, 0.29) is 24.7 Å². The smallest absolute Gasteiger partial charge is 0.306 e. The maximum Gasteiger partial charge on any atom is 0.306 e. The number of carbonyl (C=O) groups is 1. The molecule has 124 valence electrons. The normalized spacial score (nSPS) is 12.3. The van der Waals surface area contributed by atoms with E-state index in [0.717, 1.165) is 10.9 Å². The van der Waals surface area contributed by atoms with Gasteiger partial charge >= 0.3 is 5.97 Å². The van der Waals surface area contributed by atoms with Crippen LogP contribution in [0.4, 0.5) is 8.78 Å². The Hall–Kier alpha value is -2.69. The molecule has 1 N–H and O–H groups in total. The Kier molecular flexibility index (Phi) is 4.60. The first-order valence-electron chi connectivity index (χ1n) is 7.76. The highest BCUT2D eigenvalue weighted by Gasteiger charge is 2.24. The molecule has 3 rings (SSSR count). The van der Waals surface area contributed by atoms with E-state index in [9.17, 15) is 13.6 Å². The largest absolute Gasteiger partial charge is 0.466 e. The minimum Gasteiger partial charge on any atom is -0.466 e. The van der Waals surface area contributed by atoms with Gasteiger partial charge < -0.3 is 9.72 Å². The molecule has 1 aromatic heterocycles. The zero-order chi connectivity index (χ0) is 17.1. The average molecular weight is 329 g/mol. The highest BCUT2D eigenvalue weighted by atomic mass is 19.1. The highest BCUT2D eigenvalue weighted by Crippen LogP contribution is 2.35. The van der Waals surface area contributed by atoms with Crippen LogP contribution >= 0.6 is 0 Å². The predicted octanol–water partition coefficient (Wildman–Crippen LogP) is 4.53. The monoisotopic (exact) mass is 329 g/mol. The number of halogens is 2. The number of ether oxygens (including phenoxy) is 1. The van der Waals surface area contributed by atoms with Crippen molar-refractivity contribution in [2.24, 2.45) is 0 Å². The summed E-state index contributed by atoms with van der Waals surface area (Å²) in [5.74, 6) is -1.65. The van der Waals surface area contributed by atoms with Gasteiger partial charge in [0.1, 0.15) is 11.6 Å². The summed E-state index contributed by atoms with van der Waals surface area (Å²) in [7, 11) is 0. The van der Waals surface area contributed by atoms with Crippen LogP contribution in [0.1, 0.15) is 30.4 Å². The van der Waals surface area contributed by atoms with Crippen LogP contribution in [0.2, 0.25) is 0 Å². The fraction of sp³-hybridized carbons (Fsp3) is 0.211. The minimum absolute atomic E-state index is 0.0130. The van der Waals surface area contributed by atoms with Crippen LogP contribution in [0.5, 0.6) is 0 Å². The molecule has 1 atom stereocenters. The van der Waals surface area contributed by atoms with Crippen LogP contribution in [-0.4, -0.2) is 17.6 Å². The summed E-state index contributed by atoms with van der Waals surface area (Å²) in [4.78, 5) is 15.0. The highest BCUT2D eigenvalue weighted by molar-refractivity contribution is 5.85. The Labute approximate surface area is 138 Å². The van der Waals surface area contributed by atoms with Crippen molar-refractivity contribution in [1.29, 1.82) is 0 Å². The summed E-state index contributed by atoms with van der Waals surface area (Å²) >= 11 is 0. The molecule has 24 heavy (non-hydrogen) atoms. The van der Waals surface area contributed by atoms with Gasteiger partial charge in [0.15, 0.2) is 0 Å². The maximum atomic E-state index is 14.3. The Morgan fingerprint density at radius 2 is 1.96 bits per heavy atom. The van der Waals surface area contributed by atoms with Crippen molar-refractivity contribution in [2.75, 3.05) is 6.61 Å². The number of aromatic nitrogens is 1. The quantitative estimate of drug-likeness (QED) is 0.699. The van der Waals surface area contributed by atoms with Crippen LogP contribution in [0, 0.1) is 11.6 Å². The second-order valence-corrected chi connectivity index (χ2v) is 5.52. The lowest BCUT2D eigenvalue weighted by Crippen LogP contribution is -2.12. The van der Waals surface area contributed by atoms with Gasteiger partial charge in [-0.2, -0.15) is 0 Å². The number of carbonyl (C=O) groups excluding carboxylic acids is 1. The number of fused-ring (bicyclic) bond motifs is 1. The second kappa shape index (κ2) is 6.83. The molecule has 0 aliphatic heterocycles. The third-order valence-electron chi connectivity index (χ3n) is 4.01. The fourth-order valence-corrected chi connectivity index (χ4v) is 2.94. The minimum atomic E-state index is -0.510. The third kappa shape index (κ3) is 3.15. The van der Waals surface area contributed by atoms with Crippen molar-refractivity contribution < 1.29 is 18.3 Å². The summed E-state index contributed by atoms with van der Waals surface area (Å²) in [5.41, 5.74) is 1.76. The molecular weight excluding hydrogens is 312 g/mol. The van der Waals surface area contributed by atoms with E-state index >= 15 is 0 Å². The summed E-state index contributed by atoms with van der Waals surface area (Å²) in [6.45, 7) is 1.99. The molecule has 1 heterocycles. The zero-order valence-electron chi connectivity index (χ0n) is 13.2. The van der Waals surface area contributed by atoms with Gasteiger partial charge in [-0.05, 0) is 42.3 Å². The fourth-order valence-electron chi connectivity index (χ4n) is 2.94. The van der Waals surface area contributed by atoms with Gasteiger partial charge in [-0.15, -0.1) is 0 Å². The van der Waals surface area contributed by atoms with E-state index in [1.54, 1.807) is 37.4 Å². The molecule has 1 unspecified atom stereocenters. The third-order valence-corrected chi connectivity index (χ3v) is 4.01. The lowest BCUT2D eigenvalue weighted by Gasteiger charge is -2.17. The summed E-state index contributed by atoms with van der Waals surface area (Å²) < 4.78 is 32.7. The van der Waals surface area contributed by atoms with Gasteiger partial charge in [0.25, 0.3) is 0 Å². The molecule has 2 aromatic carbocycles. The first kappa shape index (κ1) is 16.2. The number of hydrogen-bond donors (Lipinski definition) is 1. The molecule has 0 saturated heterocycles. The van der Waals surface area contributed by atoms with E-state index < -0.39 is 11.9 Å². The van der Waals surface area contributed by atoms with E-state index in [1.165, 1.54) is 18.2 Å². The summed E-state index contributed by atoms with van der Waals surface area (Å²) in [5, 5.41) is 0.758. The Morgan fingerprint density at radius 3 is 2.71 bits per heavy atom. The maximum absolute atomic E-state index is 14.3. The van der Waals surface area contributed by atoms with Crippen LogP contribution in [-0.2, 0) is 9.53 Å². The SMILES string of the molecule is CCOC(=O)CC(c1ccccc1F)c1c[nH]c2cc(F)ccc12. The molecule has 0 amide bonds. The first-order valence-corrected chi connectivity index (χ1v) is 7.76. The molecule has 0 bridgehead atoms. The molecule has 0 fully saturated rings. The lowest BCUT2D eigenvalue weighted by atomic mass is 9.88. The Morgan fingerprint density at radius 1 is 1.17 bits per heavy atom. The van der Waals surface area contributed by atoms with Crippen LogP contribution in [0.15, 0.2) is 48.7 Å². The number of rotatable bonds is 5. The van der Waals surface area contributed by atoms with Gasteiger partial charge in [0, 0.05) is 23.0 Å². The van der Waals surface area contributed by atoms with E-state index in [1.807, 2.05) is 0 Å². The lowest BCUT2D eigenvalue weighted by molar-refractivity contribution is -0.143. The van der Waals surface area contributed by atoms with E-state index in [2.05, 4.69) is 4.98 Å². The molecule has 5 heteroatoms. The number of esters is 1. The molecule has 3 nitrogen and oxygen atoms in total. The second-order valence-electron chi connectivity index (χ2n) is 5.52. The van der Waals surface area contributed by atoms with E-state index in [4.69, 9.17) is 4.74 Å². The predicted molar refractivity (Wildman–Crippen MR) is 87.7 cm³/mol. The van der Waals surface area contributed by atoms with Gasteiger partial charge in [-0.25, -0.2) is 8.78 Å². The number of hydrogen-bond acceptors (Lipinski definition) is 2. The molecule has 0 aliphatic rings. The Bertz CT molecular complexity index is 873. The zero-order valence-corrected chi connectivity index (χ0v) is 13.2. The van der Waals surface area contributed by atoms with Crippen molar-refractivity contribution in [1.82, 2.24) is 4.98 Å². The summed E-state index contributed by atoms with van der Waals surface area (Å²) in [6, 6.07) is 10.7. The van der Waals surface area contributed by atoms with Gasteiger partial charge in [0.05, 0.1) is 13.0 Å². The van der Waals surface area contributed by atoms with E-state index in [0.29, 0.717) is 11.1 Å². The number of H-pyrrole nitrogens is 1. The molecule has 0 spiro atoms. The van der Waals surface area contributed by atoms with Crippen LogP contribution < -0.4 is 0 Å². The van der Waals surface area contributed by atoms with Gasteiger partial charge in [-0.3, -0.25) is 4.79 Å². The number of aromatic amines is 1. The topological polar surface area (TPSA) is 42.1 Å². The van der Waals surface area contributed by atoms with Crippen molar-refractivity contribution >= 4 is 16.9 Å². The molecule has 3 aromatic rings. The molecule has 0 aliphatic carbocycles. The number of benzene rings is 2. The molecule has 0 radical (unpaired) electrons. The molecular formula is C19H17F2NO2. The van der Waals surface area contributed by atoms with Crippen molar-refractivity contribution in [2.45, 2.75) is 19.3 Å². The standard InChI is InChI=1S/C19H17F2NO2/c1-2-24-19(23)10-15(13-5-3-4-6-17(13)21)16-11-22-18-9-12(20)7-8-14(16)18/h3-9,11,15,22H,2,10H2,1H3. The van der Waals surface area contributed by atoms with Gasteiger partial charge in [0.2, 0.25) is 0 Å².